The number of likely N-dealkylation sites (tertiary alicyclic amines) is 1. The summed E-state index contributed by atoms with van der Waals surface area (Å²) in [6, 6.07) is -0.196. The molecule has 3 rings (SSSR count). The number of nitrogens with zero attached hydrogens (tertiary/aromatic N) is 2. The zero-order valence-electron chi connectivity index (χ0n) is 10.1. The molecule has 0 radical (unpaired) electrons. The minimum atomic E-state index is -0.196. The smallest absolute Gasteiger partial charge is 0.246 e. The molecule has 0 aromatic carbocycles. The van der Waals surface area contributed by atoms with Crippen molar-refractivity contribution in [2.45, 2.75) is 43.5 Å². The van der Waals surface area contributed by atoms with Gasteiger partial charge in [0, 0.05) is 25.3 Å². The summed E-state index contributed by atoms with van der Waals surface area (Å²) in [6.45, 7) is 3.84. The van der Waals surface area contributed by atoms with Crippen molar-refractivity contribution in [3.05, 3.63) is 0 Å². The van der Waals surface area contributed by atoms with Gasteiger partial charge in [-0.15, -0.1) is 11.8 Å². The molecule has 0 aromatic rings. The standard InChI is InChI=1S/C12H18N2O2S/c1-12-5-4-10(15)14(12)9(8-17-12)11(16)13-6-2-3-7-13/h9H,2-8H2,1H3/t9-,12+/m0/s1. The van der Waals surface area contributed by atoms with Crippen molar-refractivity contribution >= 4 is 23.6 Å². The van der Waals surface area contributed by atoms with Crippen LogP contribution >= 0.6 is 11.8 Å². The number of hydrogen-bond donors (Lipinski definition) is 0. The molecule has 2 atom stereocenters. The summed E-state index contributed by atoms with van der Waals surface area (Å²) in [5, 5.41) is 0. The lowest BCUT2D eigenvalue weighted by Gasteiger charge is -2.31. The Hall–Kier alpha value is -0.710. The lowest BCUT2D eigenvalue weighted by atomic mass is 10.2. The number of amides is 2. The lowest BCUT2D eigenvalue weighted by molar-refractivity contribution is -0.143. The Kier molecular flexibility index (Phi) is 2.61. The molecule has 3 aliphatic rings. The van der Waals surface area contributed by atoms with Crippen molar-refractivity contribution in [2.24, 2.45) is 0 Å². The topological polar surface area (TPSA) is 40.6 Å². The van der Waals surface area contributed by atoms with Crippen LogP contribution in [0, 0.1) is 0 Å². The fraction of sp³-hybridized carbons (Fsp3) is 0.833. The first-order valence-corrected chi connectivity index (χ1v) is 7.35. The van der Waals surface area contributed by atoms with Crippen LogP contribution in [-0.2, 0) is 9.59 Å². The second-order valence-electron chi connectivity index (χ2n) is 5.30. The summed E-state index contributed by atoms with van der Waals surface area (Å²) in [5.41, 5.74) is 0. The van der Waals surface area contributed by atoms with E-state index in [4.69, 9.17) is 0 Å². The van der Waals surface area contributed by atoms with Crippen LogP contribution in [0.5, 0.6) is 0 Å². The van der Waals surface area contributed by atoms with Crippen LogP contribution in [0.2, 0.25) is 0 Å². The van der Waals surface area contributed by atoms with Gasteiger partial charge in [-0.3, -0.25) is 9.59 Å². The van der Waals surface area contributed by atoms with Gasteiger partial charge in [0.25, 0.3) is 0 Å². The van der Waals surface area contributed by atoms with Crippen LogP contribution in [0.4, 0.5) is 0 Å². The van der Waals surface area contributed by atoms with Crippen LogP contribution in [0.1, 0.15) is 32.6 Å². The molecule has 3 fully saturated rings. The predicted molar refractivity (Wildman–Crippen MR) is 66.5 cm³/mol. The van der Waals surface area contributed by atoms with Gasteiger partial charge in [0.2, 0.25) is 11.8 Å². The molecule has 3 saturated heterocycles. The quantitative estimate of drug-likeness (QED) is 0.702. The molecular formula is C12H18N2O2S. The molecule has 2 amide bonds. The second-order valence-corrected chi connectivity index (χ2v) is 6.80. The largest absolute Gasteiger partial charge is 0.341 e. The van der Waals surface area contributed by atoms with Gasteiger partial charge in [0.15, 0.2) is 0 Å². The third-order valence-corrected chi connectivity index (χ3v) is 5.65. The third kappa shape index (κ3) is 1.66. The van der Waals surface area contributed by atoms with Crippen molar-refractivity contribution in [1.29, 1.82) is 0 Å². The lowest BCUT2D eigenvalue weighted by Crippen LogP contribution is -2.50. The van der Waals surface area contributed by atoms with Crippen molar-refractivity contribution in [3.8, 4) is 0 Å². The fourth-order valence-electron chi connectivity index (χ4n) is 3.15. The summed E-state index contributed by atoms with van der Waals surface area (Å²) < 4.78 is 0. The Balaban J connectivity index is 1.80. The van der Waals surface area contributed by atoms with Gasteiger partial charge >= 0.3 is 0 Å². The summed E-state index contributed by atoms with van der Waals surface area (Å²) in [7, 11) is 0. The molecule has 0 bridgehead atoms. The van der Waals surface area contributed by atoms with Crippen LogP contribution in [0.15, 0.2) is 0 Å². The molecule has 0 aromatic heterocycles. The molecule has 17 heavy (non-hydrogen) atoms. The van der Waals surface area contributed by atoms with Gasteiger partial charge in [-0.2, -0.15) is 0 Å². The van der Waals surface area contributed by atoms with E-state index in [1.807, 2.05) is 9.80 Å². The Labute approximate surface area is 106 Å². The monoisotopic (exact) mass is 254 g/mol. The van der Waals surface area contributed by atoms with E-state index in [-0.39, 0.29) is 22.7 Å². The molecule has 4 nitrogen and oxygen atoms in total. The van der Waals surface area contributed by atoms with Gasteiger partial charge in [-0.05, 0) is 26.2 Å². The molecule has 0 N–H and O–H groups in total. The van der Waals surface area contributed by atoms with E-state index in [0.717, 1.165) is 38.1 Å². The molecule has 0 spiro atoms. The minimum absolute atomic E-state index is 0.114. The highest BCUT2D eigenvalue weighted by Gasteiger charge is 2.53. The molecule has 0 saturated carbocycles. The van der Waals surface area contributed by atoms with E-state index in [1.165, 1.54) is 0 Å². The molecule has 3 heterocycles. The first kappa shape index (κ1) is 11.4. The maximum Gasteiger partial charge on any atom is 0.246 e. The maximum atomic E-state index is 12.4. The zero-order chi connectivity index (χ0) is 12.0. The van der Waals surface area contributed by atoms with Gasteiger partial charge in [-0.1, -0.05) is 0 Å². The fourth-order valence-corrected chi connectivity index (χ4v) is 4.57. The van der Waals surface area contributed by atoms with Gasteiger partial charge < -0.3 is 9.80 Å². The van der Waals surface area contributed by atoms with Gasteiger partial charge in [-0.25, -0.2) is 0 Å². The molecule has 94 valence electrons. The Morgan fingerprint density at radius 3 is 2.82 bits per heavy atom. The zero-order valence-corrected chi connectivity index (χ0v) is 11.0. The first-order valence-electron chi connectivity index (χ1n) is 6.37. The van der Waals surface area contributed by atoms with Crippen LogP contribution < -0.4 is 0 Å². The number of carbonyl (C=O) groups excluding carboxylic acids is 2. The average Bonchev–Trinajstić information content (AvgIpc) is 2.97. The normalized spacial score (nSPS) is 36.8. The minimum Gasteiger partial charge on any atom is -0.341 e. The van der Waals surface area contributed by atoms with Crippen LogP contribution in [0.25, 0.3) is 0 Å². The highest BCUT2D eigenvalue weighted by molar-refractivity contribution is 8.01. The SMILES string of the molecule is C[C@@]12CCC(=O)N1[C@H](C(=O)N1CCCC1)CS2. The van der Waals surface area contributed by atoms with E-state index < -0.39 is 0 Å². The van der Waals surface area contributed by atoms with Crippen LogP contribution in [0.3, 0.4) is 0 Å². The Bertz CT molecular complexity index is 368. The average molecular weight is 254 g/mol. The molecule has 5 heteroatoms. The maximum absolute atomic E-state index is 12.4. The van der Waals surface area contributed by atoms with Crippen molar-refractivity contribution in [3.63, 3.8) is 0 Å². The molecular weight excluding hydrogens is 236 g/mol. The Morgan fingerprint density at radius 1 is 1.41 bits per heavy atom. The number of hydrogen-bond acceptors (Lipinski definition) is 3. The summed E-state index contributed by atoms with van der Waals surface area (Å²) in [4.78, 5) is 28.0. The number of fused-ring (bicyclic) bond motifs is 1. The summed E-state index contributed by atoms with van der Waals surface area (Å²) in [6.07, 6.45) is 3.71. The molecule has 0 unspecified atom stereocenters. The highest BCUT2D eigenvalue weighted by Crippen LogP contribution is 2.47. The number of rotatable bonds is 1. The van der Waals surface area contributed by atoms with Gasteiger partial charge in [0.1, 0.15) is 6.04 Å². The van der Waals surface area contributed by atoms with E-state index in [9.17, 15) is 9.59 Å². The van der Waals surface area contributed by atoms with Crippen molar-refractivity contribution in [2.75, 3.05) is 18.8 Å². The van der Waals surface area contributed by atoms with Crippen molar-refractivity contribution in [1.82, 2.24) is 9.80 Å². The second kappa shape index (κ2) is 3.90. The number of carbonyl (C=O) groups is 2. The highest BCUT2D eigenvalue weighted by atomic mass is 32.2. The molecule has 0 aliphatic carbocycles. The first-order chi connectivity index (χ1) is 8.12. The van der Waals surface area contributed by atoms with E-state index in [1.54, 1.807) is 11.8 Å². The Morgan fingerprint density at radius 2 is 2.12 bits per heavy atom. The third-order valence-electron chi connectivity index (χ3n) is 4.15. The van der Waals surface area contributed by atoms with E-state index >= 15 is 0 Å². The summed E-state index contributed by atoms with van der Waals surface area (Å²) >= 11 is 1.77. The van der Waals surface area contributed by atoms with Crippen molar-refractivity contribution < 1.29 is 9.59 Å². The number of thioether (sulfide) groups is 1. The van der Waals surface area contributed by atoms with E-state index in [2.05, 4.69) is 6.92 Å². The van der Waals surface area contributed by atoms with Gasteiger partial charge in [0.05, 0.1) is 4.87 Å². The predicted octanol–water partition coefficient (Wildman–Crippen LogP) is 1.06. The van der Waals surface area contributed by atoms with Crippen LogP contribution in [-0.4, -0.2) is 51.4 Å². The van der Waals surface area contributed by atoms with E-state index in [0.29, 0.717) is 6.42 Å². The molecule has 3 aliphatic heterocycles. The summed E-state index contributed by atoms with van der Waals surface area (Å²) in [5.74, 6) is 1.11.